The number of fused-ring (bicyclic) bond motifs is 6. The fourth-order valence-electron chi connectivity index (χ4n) is 11.0. The van der Waals surface area contributed by atoms with Crippen LogP contribution in [0.15, 0.2) is 273 Å². The summed E-state index contributed by atoms with van der Waals surface area (Å²) in [6.45, 7) is 0. The van der Waals surface area contributed by atoms with Crippen LogP contribution < -0.4 is 20.7 Å². The average molecular weight is 912 g/mol. The summed E-state index contributed by atoms with van der Waals surface area (Å²) < 4.78 is 5.20. The highest BCUT2D eigenvalue weighted by atomic mass is 32.1. The van der Waals surface area contributed by atoms with Gasteiger partial charge in [-0.05, 0) is 90.5 Å². The molecule has 69 heavy (non-hydrogen) atoms. The third kappa shape index (κ3) is 6.89. The zero-order chi connectivity index (χ0) is 45.7. The van der Waals surface area contributed by atoms with Crippen molar-refractivity contribution in [2.24, 2.45) is 0 Å². The second kappa shape index (κ2) is 17.1. The highest BCUT2D eigenvalue weighted by Crippen LogP contribution is 2.43. The largest absolute Gasteiger partial charge is 0.308 e. The van der Waals surface area contributed by atoms with Gasteiger partial charge in [-0.3, -0.25) is 0 Å². The fraction of sp³-hybridized carbons (Fsp3) is 0. The first kappa shape index (κ1) is 40.9. The molecule has 0 saturated heterocycles. The molecule has 13 rings (SSSR count). The molecule has 0 amide bonds. The van der Waals surface area contributed by atoms with Gasteiger partial charge in [-0.25, -0.2) is 0 Å². The van der Waals surface area contributed by atoms with E-state index in [1.807, 2.05) is 11.3 Å². The van der Waals surface area contributed by atoms with Gasteiger partial charge in [0.15, 0.2) is 8.07 Å². The van der Waals surface area contributed by atoms with Gasteiger partial charge in [0.1, 0.15) is 0 Å². The van der Waals surface area contributed by atoms with Crippen molar-refractivity contribution in [1.29, 1.82) is 0 Å². The summed E-state index contributed by atoms with van der Waals surface area (Å²) in [7, 11) is -3.09. The van der Waals surface area contributed by atoms with Crippen molar-refractivity contribution in [3.05, 3.63) is 273 Å². The second-order valence-corrected chi connectivity index (χ2v) is 22.9. The van der Waals surface area contributed by atoms with Crippen LogP contribution in [0.5, 0.6) is 0 Å². The Bertz CT molecular complexity index is 3890. The maximum absolute atomic E-state index is 3.09. The molecule has 0 saturated carbocycles. The minimum absolute atomic E-state index is 1.17. The van der Waals surface area contributed by atoms with Gasteiger partial charge in [-0.2, -0.15) is 0 Å². The molecule has 0 N–H and O–H groups in total. The van der Waals surface area contributed by atoms with E-state index in [-0.39, 0.29) is 0 Å². The van der Waals surface area contributed by atoms with Crippen LogP contribution in [0.3, 0.4) is 0 Å². The Balaban J connectivity index is 1.13. The third-order valence-electron chi connectivity index (χ3n) is 14.1. The van der Waals surface area contributed by atoms with Crippen molar-refractivity contribution in [2.45, 2.75) is 0 Å². The van der Waals surface area contributed by atoms with E-state index in [4.69, 9.17) is 0 Å². The van der Waals surface area contributed by atoms with Gasteiger partial charge in [-0.15, -0.1) is 11.3 Å². The molecule has 0 aliphatic heterocycles. The van der Waals surface area contributed by atoms with Crippen LogP contribution in [-0.4, -0.2) is 12.6 Å². The Morgan fingerprint density at radius 3 is 1.35 bits per heavy atom. The van der Waals surface area contributed by atoms with Crippen LogP contribution in [0.2, 0.25) is 0 Å². The summed E-state index contributed by atoms with van der Waals surface area (Å²) in [6.07, 6.45) is 0. The summed E-state index contributed by atoms with van der Waals surface area (Å²) in [4.78, 5) is 0. The van der Waals surface area contributed by atoms with Gasteiger partial charge >= 0.3 is 0 Å². The van der Waals surface area contributed by atoms with E-state index in [0.717, 1.165) is 0 Å². The third-order valence-corrected chi connectivity index (χ3v) is 20.0. The molecule has 2 aromatic heterocycles. The molecular formula is C66H45NSSi. The van der Waals surface area contributed by atoms with Gasteiger partial charge in [0.25, 0.3) is 0 Å². The molecule has 0 atom stereocenters. The van der Waals surface area contributed by atoms with Crippen molar-refractivity contribution in [3.8, 4) is 50.2 Å². The molecule has 0 fully saturated rings. The molecule has 0 radical (unpaired) electrons. The van der Waals surface area contributed by atoms with Crippen molar-refractivity contribution in [3.63, 3.8) is 0 Å². The van der Waals surface area contributed by atoms with Gasteiger partial charge in [0.05, 0.1) is 16.7 Å². The second-order valence-electron chi connectivity index (χ2n) is 18.0. The van der Waals surface area contributed by atoms with Gasteiger partial charge in [0, 0.05) is 42.1 Å². The normalized spacial score (nSPS) is 11.8. The first-order chi connectivity index (χ1) is 34.2. The van der Waals surface area contributed by atoms with E-state index in [1.54, 1.807) is 0 Å². The first-order valence-electron chi connectivity index (χ1n) is 23.7. The summed E-state index contributed by atoms with van der Waals surface area (Å²) in [5, 5.41) is 10.4. The van der Waals surface area contributed by atoms with E-state index in [1.165, 1.54) is 113 Å². The fourth-order valence-corrected chi connectivity index (χ4v) is 16.9. The molecule has 0 spiro atoms. The monoisotopic (exact) mass is 911 g/mol. The smallest absolute Gasteiger partial charge is 0.179 e. The lowest BCUT2D eigenvalue weighted by Crippen LogP contribution is -2.74. The molecular weight excluding hydrogens is 867 g/mol. The lowest BCUT2D eigenvalue weighted by Gasteiger charge is -2.36. The molecule has 3 heteroatoms. The Morgan fingerprint density at radius 2 is 0.710 bits per heavy atom. The lowest BCUT2D eigenvalue weighted by atomic mass is 9.95. The Kier molecular flexibility index (Phi) is 10.1. The van der Waals surface area contributed by atoms with Crippen LogP contribution in [0.4, 0.5) is 0 Å². The predicted octanol–water partition coefficient (Wildman–Crippen LogP) is 15.2. The highest BCUT2D eigenvalue weighted by molar-refractivity contribution is 7.25. The van der Waals surface area contributed by atoms with Gasteiger partial charge in [0.2, 0.25) is 0 Å². The van der Waals surface area contributed by atoms with Crippen molar-refractivity contribution >= 4 is 82.1 Å². The summed E-state index contributed by atoms with van der Waals surface area (Å²) >= 11 is 1.87. The molecule has 13 aromatic rings. The van der Waals surface area contributed by atoms with Crippen molar-refractivity contribution in [2.75, 3.05) is 0 Å². The molecule has 0 aliphatic rings. The number of rotatable bonds is 9. The molecule has 0 unspecified atom stereocenters. The summed E-state index contributed by atoms with van der Waals surface area (Å²) in [6, 6.07) is 102. The van der Waals surface area contributed by atoms with E-state index in [9.17, 15) is 0 Å². The minimum atomic E-state index is -3.09. The van der Waals surface area contributed by atoms with Crippen LogP contribution in [0.1, 0.15) is 0 Å². The van der Waals surface area contributed by atoms with Crippen molar-refractivity contribution < 1.29 is 0 Å². The standard InChI is InChI=1S/C66H45NSSi/c1-6-21-46(22-7-1)49-27-20-32-54(41-49)69(52-28-12-4-13-29-52,53-30-14-5-15-31-53)55-44-58(47-23-8-2-9-24-47)66(59(45-55)48-25-10-3-11-26-48)67-62-35-18-16-33-56(62)60-42-50(37-39-63(60)67)51-38-40-65-61(43-51)57-34-17-19-36-64(57)68-65/h1-45H. The maximum Gasteiger partial charge on any atom is 0.179 e. The topological polar surface area (TPSA) is 4.93 Å². The highest BCUT2D eigenvalue weighted by Gasteiger charge is 2.43. The number of benzene rings is 11. The number of thiophene rings is 1. The Hall–Kier alpha value is -8.34. The number of para-hydroxylation sites is 1. The quantitative estimate of drug-likeness (QED) is 0.100. The zero-order valence-corrected chi connectivity index (χ0v) is 39.7. The molecule has 0 aliphatic carbocycles. The Morgan fingerprint density at radius 1 is 0.261 bits per heavy atom. The first-order valence-corrected chi connectivity index (χ1v) is 26.6. The van der Waals surface area contributed by atoms with Gasteiger partial charge < -0.3 is 4.57 Å². The predicted molar refractivity (Wildman–Crippen MR) is 299 cm³/mol. The summed E-state index contributed by atoms with van der Waals surface area (Å²) in [5.74, 6) is 0. The maximum atomic E-state index is 2.56. The Labute approximate surface area is 407 Å². The van der Waals surface area contributed by atoms with Crippen LogP contribution in [0, 0.1) is 0 Å². The van der Waals surface area contributed by atoms with Crippen LogP contribution >= 0.6 is 11.3 Å². The molecule has 0 bridgehead atoms. The molecule has 11 aromatic carbocycles. The number of hydrogen-bond acceptors (Lipinski definition) is 1. The van der Waals surface area contributed by atoms with E-state index >= 15 is 0 Å². The van der Waals surface area contributed by atoms with E-state index in [2.05, 4.69) is 278 Å². The molecule has 324 valence electrons. The average Bonchev–Trinajstić information content (AvgIpc) is 3.97. The van der Waals surface area contributed by atoms with Crippen LogP contribution in [0.25, 0.3) is 92.2 Å². The van der Waals surface area contributed by atoms with E-state index < -0.39 is 8.07 Å². The minimum Gasteiger partial charge on any atom is -0.308 e. The number of aromatic nitrogens is 1. The summed E-state index contributed by atoms with van der Waals surface area (Å²) in [5.41, 5.74) is 13.1. The number of hydrogen-bond donors (Lipinski definition) is 0. The molecule has 2 heterocycles. The SMILES string of the molecule is c1ccc(-c2cccc([Si](c3ccccc3)(c3ccccc3)c3cc(-c4ccccc4)c(-n4c5ccccc5c5cc(-c6ccc7sc8ccccc8c7c6)ccc54)c(-c4ccccc4)c3)c2)cc1. The van der Waals surface area contributed by atoms with Crippen LogP contribution in [-0.2, 0) is 0 Å². The lowest BCUT2D eigenvalue weighted by molar-refractivity contribution is 1.18. The van der Waals surface area contributed by atoms with Gasteiger partial charge in [-0.1, -0.05) is 237 Å². The molecule has 1 nitrogen and oxygen atoms in total. The van der Waals surface area contributed by atoms with Crippen molar-refractivity contribution in [1.82, 2.24) is 4.57 Å². The number of nitrogens with zero attached hydrogens (tertiary/aromatic N) is 1. The van der Waals surface area contributed by atoms with E-state index in [0.29, 0.717) is 0 Å². The zero-order valence-electron chi connectivity index (χ0n) is 37.8.